The Morgan fingerprint density at radius 1 is 0.237 bits per heavy atom. The normalized spacial score (nSPS) is 12.1. The second kappa shape index (κ2) is 19.4. The van der Waals surface area contributed by atoms with Gasteiger partial charge in [0.15, 0.2) is 0 Å². The summed E-state index contributed by atoms with van der Waals surface area (Å²) in [5.41, 5.74) is 23.5. The van der Waals surface area contributed by atoms with Crippen LogP contribution in [0.3, 0.4) is 0 Å². The molecule has 0 bridgehead atoms. The van der Waals surface area contributed by atoms with E-state index in [1.165, 1.54) is 43.1 Å². The molecule has 93 heavy (non-hydrogen) atoms. The molecule has 20 aromatic rings. The van der Waals surface area contributed by atoms with Gasteiger partial charge in [-0.15, -0.1) is 0 Å². The van der Waals surface area contributed by atoms with Crippen molar-refractivity contribution in [3.05, 3.63) is 314 Å². The smallest absolute Gasteiger partial charge is 0.0991 e. The Bertz CT molecular complexity index is 6100. The van der Waals surface area contributed by atoms with Crippen molar-refractivity contribution in [2.75, 3.05) is 0 Å². The highest BCUT2D eigenvalue weighted by Crippen LogP contribution is 2.46. The first-order valence-electron chi connectivity index (χ1n) is 31.8. The van der Waals surface area contributed by atoms with Gasteiger partial charge in [0.1, 0.15) is 0 Å². The first kappa shape index (κ1) is 51.3. The molecule has 0 aliphatic carbocycles. The number of nitriles is 1. The van der Waals surface area contributed by atoms with Crippen molar-refractivity contribution in [2.45, 2.75) is 6.92 Å². The zero-order valence-corrected chi connectivity index (χ0v) is 50.5. The summed E-state index contributed by atoms with van der Waals surface area (Å²) in [5.74, 6) is 0. The fraction of sp³-hybridized carbons (Fsp3) is 0.0116. The van der Waals surface area contributed by atoms with Gasteiger partial charge in [-0.3, -0.25) is 0 Å². The third-order valence-corrected chi connectivity index (χ3v) is 20.0. The van der Waals surface area contributed by atoms with Crippen LogP contribution in [0.15, 0.2) is 303 Å². The van der Waals surface area contributed by atoms with E-state index in [9.17, 15) is 5.26 Å². The summed E-state index contributed by atoms with van der Waals surface area (Å²) in [6, 6.07) is 114. The van der Waals surface area contributed by atoms with Gasteiger partial charge in [0.2, 0.25) is 0 Å². The fourth-order valence-corrected chi connectivity index (χ4v) is 16.1. The van der Waals surface area contributed by atoms with Gasteiger partial charge < -0.3 is 27.4 Å². The Kier molecular flexibility index (Phi) is 10.7. The molecule has 20 rings (SSSR count). The lowest BCUT2D eigenvalue weighted by atomic mass is 9.97. The van der Waals surface area contributed by atoms with E-state index in [1.807, 2.05) is 12.1 Å². The van der Waals surface area contributed by atoms with E-state index < -0.39 is 0 Å². The lowest BCUT2D eigenvalue weighted by Crippen LogP contribution is -2.07. The first-order chi connectivity index (χ1) is 46.0. The van der Waals surface area contributed by atoms with Crippen molar-refractivity contribution in [3.63, 3.8) is 0 Å². The van der Waals surface area contributed by atoms with Crippen molar-refractivity contribution in [1.82, 2.24) is 27.4 Å². The van der Waals surface area contributed by atoms with Gasteiger partial charge in [0.05, 0.1) is 89.2 Å². The second-order valence-corrected chi connectivity index (χ2v) is 24.8. The number of rotatable bonds is 7. The number of para-hydroxylation sites is 8. The van der Waals surface area contributed by atoms with Gasteiger partial charge in [0, 0.05) is 92.9 Å². The number of benzene rings is 14. The van der Waals surface area contributed by atoms with Crippen molar-refractivity contribution < 1.29 is 0 Å². The topological polar surface area (TPSA) is 53.4 Å². The highest BCUT2D eigenvalue weighted by Gasteiger charge is 2.26. The molecule has 0 saturated carbocycles. The van der Waals surface area contributed by atoms with Crippen molar-refractivity contribution in [1.29, 1.82) is 5.26 Å². The molecule has 0 aliphatic heterocycles. The van der Waals surface area contributed by atoms with Crippen LogP contribution in [0.5, 0.6) is 0 Å². The predicted molar refractivity (Wildman–Crippen MR) is 387 cm³/mol. The zero-order chi connectivity index (χ0) is 61.2. The minimum Gasteiger partial charge on any atom is -0.309 e. The van der Waals surface area contributed by atoms with Crippen molar-refractivity contribution >= 4 is 131 Å². The maximum absolute atomic E-state index is 10.7. The van der Waals surface area contributed by atoms with Crippen LogP contribution in [0.4, 0.5) is 0 Å². The molecule has 0 N–H and O–H groups in total. The summed E-state index contributed by atoms with van der Waals surface area (Å²) < 4.78 is 14.8. The van der Waals surface area contributed by atoms with E-state index in [1.54, 1.807) is 0 Å². The average Bonchev–Trinajstić information content (AvgIpc) is 1.58. The summed E-state index contributed by atoms with van der Waals surface area (Å²) in [6.45, 7) is 2.32. The van der Waals surface area contributed by atoms with Crippen LogP contribution in [0.25, 0.3) is 176 Å². The summed E-state index contributed by atoms with van der Waals surface area (Å²) in [7, 11) is 0. The molecule has 0 unspecified atom stereocenters. The maximum atomic E-state index is 10.7. The van der Waals surface area contributed by atoms with Crippen LogP contribution in [0.2, 0.25) is 0 Å². The van der Waals surface area contributed by atoms with Crippen LogP contribution >= 0.6 is 0 Å². The molecule has 0 atom stereocenters. The Labute approximate surface area is 533 Å². The number of hydrogen-bond donors (Lipinski definition) is 0. The Hall–Kier alpha value is -12.6. The van der Waals surface area contributed by atoms with Crippen molar-refractivity contribution in [3.8, 4) is 51.3 Å². The first-order valence-corrected chi connectivity index (χ1v) is 31.8. The second-order valence-electron chi connectivity index (χ2n) is 24.8. The fourth-order valence-electron chi connectivity index (χ4n) is 16.1. The third kappa shape index (κ3) is 7.23. The third-order valence-electron chi connectivity index (χ3n) is 20.0. The minimum atomic E-state index is 0.599. The lowest BCUT2D eigenvalue weighted by molar-refractivity contribution is 1.09. The van der Waals surface area contributed by atoms with E-state index in [0.29, 0.717) is 5.56 Å². The molecule has 6 aromatic heterocycles. The predicted octanol–water partition coefficient (Wildman–Crippen LogP) is 22.1. The van der Waals surface area contributed by atoms with E-state index >= 15 is 0 Å². The van der Waals surface area contributed by atoms with Gasteiger partial charge >= 0.3 is 0 Å². The molecule has 0 fully saturated rings. The highest BCUT2D eigenvalue weighted by molar-refractivity contribution is 6.17. The SMILES string of the molecule is Cc1c(-n2c3cc(-n4c5ccccc5c5ccccc54)ccc3c3ccc(-n4c5ccccc5c5ccccc54)cc32)ccc(-c2cccc(C#N)c2)c1-n1c2cc(-n3c4ccccc4c4ccccc43)ccc2c2ccc(-n3c4ccccc4c4ccccc43)cc21. The number of hydrogen-bond acceptors (Lipinski definition) is 1. The van der Waals surface area contributed by atoms with Crippen LogP contribution < -0.4 is 0 Å². The van der Waals surface area contributed by atoms with Crippen LogP contribution in [-0.2, 0) is 0 Å². The van der Waals surface area contributed by atoms with Crippen LogP contribution in [0.1, 0.15) is 11.1 Å². The number of aromatic nitrogens is 6. The Morgan fingerprint density at radius 3 is 0.817 bits per heavy atom. The molecule has 0 saturated heterocycles. The standard InChI is InChI=1S/C86H53N7/c1-53-73(92-82-48-56(88-74-29-10-2-21-61(74)62-22-3-11-30-75(62)88)37-41-69(82)70-42-38-57(49-83(70)92)89-76-31-12-4-23-63(76)64-24-5-13-32-77(64)89)46-45-60(55-20-18-19-54(47-55)52-87)86(53)93-84-50-58(90-78-33-14-6-25-65(78)66-26-7-15-34-79(66)90)39-43-71(84)72-44-40-59(51-85(72)93)91-80-35-16-8-27-67(80)68-28-9-17-36-81(68)91/h2-51H,1H3. The molecule has 6 heterocycles. The van der Waals surface area contributed by atoms with Gasteiger partial charge in [-0.05, 0) is 133 Å². The molecule has 14 aromatic carbocycles. The molecule has 0 aliphatic rings. The van der Waals surface area contributed by atoms with Crippen molar-refractivity contribution in [2.24, 2.45) is 0 Å². The Balaban J connectivity index is 0.932. The van der Waals surface area contributed by atoms with E-state index in [-0.39, 0.29) is 0 Å². The van der Waals surface area contributed by atoms with Gasteiger partial charge in [-0.2, -0.15) is 5.26 Å². The zero-order valence-electron chi connectivity index (χ0n) is 50.5. The molecular weight excluding hydrogens is 1130 g/mol. The molecule has 7 nitrogen and oxygen atoms in total. The summed E-state index contributed by atoms with van der Waals surface area (Å²) in [5, 5.41) is 24.9. The average molecular weight is 1180 g/mol. The van der Waals surface area contributed by atoms with Gasteiger partial charge in [-0.1, -0.05) is 188 Å². The van der Waals surface area contributed by atoms with Gasteiger partial charge in [-0.25, -0.2) is 0 Å². The maximum Gasteiger partial charge on any atom is 0.0991 e. The van der Waals surface area contributed by atoms with E-state index in [2.05, 4.69) is 332 Å². The molecule has 7 heteroatoms. The largest absolute Gasteiger partial charge is 0.309 e. The summed E-state index contributed by atoms with van der Waals surface area (Å²) in [4.78, 5) is 0. The van der Waals surface area contributed by atoms with Crippen LogP contribution in [0, 0.1) is 18.3 Å². The molecular formula is C86H53N7. The summed E-state index contributed by atoms with van der Waals surface area (Å²) >= 11 is 0. The number of fused-ring (bicyclic) bond motifs is 18. The Morgan fingerprint density at radius 2 is 0.516 bits per heavy atom. The molecule has 0 radical (unpaired) electrons. The summed E-state index contributed by atoms with van der Waals surface area (Å²) in [6.07, 6.45) is 0. The minimum absolute atomic E-state index is 0.599. The monoisotopic (exact) mass is 1180 g/mol. The molecule has 0 spiro atoms. The highest BCUT2D eigenvalue weighted by atomic mass is 15.1. The van der Waals surface area contributed by atoms with Crippen LogP contribution in [-0.4, -0.2) is 27.4 Å². The van der Waals surface area contributed by atoms with Gasteiger partial charge in [0.25, 0.3) is 0 Å². The quantitative estimate of drug-likeness (QED) is 0.157. The lowest BCUT2D eigenvalue weighted by Gasteiger charge is -2.22. The molecule has 0 amide bonds. The molecule has 432 valence electrons. The number of nitrogens with zero attached hydrogens (tertiary/aromatic N) is 7. The van der Waals surface area contributed by atoms with E-state index in [0.717, 1.165) is 139 Å². The van der Waals surface area contributed by atoms with E-state index in [4.69, 9.17) is 0 Å².